The molecule has 16 nitrogen and oxygen atoms in total. The van der Waals surface area contributed by atoms with Crippen molar-refractivity contribution < 1.29 is 72.5 Å². The largest absolute Gasteiger partial charge is 0.481 e. The number of phosphoric acid groups is 1. The molecule has 2 unspecified atom stereocenters. The zero-order valence-electron chi connectivity index (χ0n) is 37.9. The first-order valence-corrected chi connectivity index (χ1v) is 45.0. The summed E-state index contributed by atoms with van der Waals surface area (Å²) in [6, 6.07) is 1.57. The van der Waals surface area contributed by atoms with Crippen molar-refractivity contribution in [3.05, 3.63) is 0 Å². The second-order valence-electron chi connectivity index (χ2n) is 18.7. The van der Waals surface area contributed by atoms with Crippen LogP contribution in [0.5, 0.6) is 0 Å². The topological polar surface area (TPSA) is 204 Å². The zero-order chi connectivity index (χ0) is 44.5. The summed E-state index contributed by atoms with van der Waals surface area (Å²) in [6.45, 7) is 39.8. The van der Waals surface area contributed by atoms with Crippen LogP contribution in [0.1, 0.15) is 123 Å². The summed E-state index contributed by atoms with van der Waals surface area (Å²) >= 11 is 0. The number of aliphatic carboxylic acids is 1. The Labute approximate surface area is 450 Å². The molecule has 0 aromatic rings. The highest BCUT2D eigenvalue weighted by Crippen LogP contribution is 2.35. The SMILES string of the molecule is C.C.C.C.C.C.C.C.C.C.C.C.C.C.C[Si](C)(C)O[Si](C)(C)O[Si](C)(CCCOCCOC(=O)CC(=O)O)O[Si](C)(C)C.C[Si](C)(C)O[Si](C)(C)O[Si](C)(CCCOCCOP(=O)(O)O)O[Si](C)(C)C. The van der Waals surface area contributed by atoms with Crippen LogP contribution in [-0.2, 0) is 57.6 Å². The van der Waals surface area contributed by atoms with Crippen molar-refractivity contribution in [3.8, 4) is 0 Å². The Morgan fingerprint density at radius 3 is 0.914 bits per heavy atom. The number of hydrogen-bond acceptors (Lipinski definition) is 13. The Balaban J connectivity index is -0.0000000497. The highest BCUT2D eigenvalue weighted by Gasteiger charge is 2.45. The molecular formula is C45H135O16PSi8. The van der Waals surface area contributed by atoms with Crippen LogP contribution in [0.3, 0.4) is 0 Å². The van der Waals surface area contributed by atoms with Crippen LogP contribution < -0.4 is 0 Å². The summed E-state index contributed by atoms with van der Waals surface area (Å²) < 4.78 is 69.5. The van der Waals surface area contributed by atoms with E-state index < -0.39 is 93.7 Å². The number of hydrogen-bond donors (Lipinski definition) is 3. The van der Waals surface area contributed by atoms with E-state index in [0.29, 0.717) is 13.2 Å². The summed E-state index contributed by atoms with van der Waals surface area (Å²) in [5, 5.41) is 8.50. The highest BCUT2D eigenvalue weighted by atomic mass is 31.2. The third-order valence-corrected chi connectivity index (χ3v) is 33.8. The van der Waals surface area contributed by atoms with Crippen LogP contribution in [0.2, 0.25) is 130 Å². The van der Waals surface area contributed by atoms with Gasteiger partial charge in [0.2, 0.25) is 0 Å². The van der Waals surface area contributed by atoms with Gasteiger partial charge in [-0.3, -0.25) is 14.1 Å². The van der Waals surface area contributed by atoms with Crippen LogP contribution in [0.25, 0.3) is 0 Å². The molecule has 0 aromatic heterocycles. The van der Waals surface area contributed by atoms with E-state index in [2.05, 4.69) is 122 Å². The Hall–Kier alpha value is 0.465. The standard InChI is InChI=1S/C17H40O8Si4.C14H39O8PSi4.14CH4/c1-26(2,3)23-28(7,8)25-29(9,24-27(4,5)6)14-10-11-21-12-13-22-17(20)15-16(18)19;1-24(2,3)20-26(7,8)22-27(9,21-25(4,5)6)14-10-11-18-12-13-19-23(15,16)17;;;;;;;;;;;;;;/h10-15H2,1-9H3,(H,18,19);10-14H2,1-9H3,(H2,15,16,17);14*1H4. The van der Waals surface area contributed by atoms with Crippen molar-refractivity contribution in [2.75, 3.05) is 39.6 Å². The van der Waals surface area contributed by atoms with Crippen LogP contribution >= 0.6 is 7.82 Å². The third kappa shape index (κ3) is 77.4. The molecular weight excluding hydrogens is 1050 g/mol. The van der Waals surface area contributed by atoms with E-state index in [4.69, 9.17) is 53.8 Å². The molecule has 0 radical (unpaired) electrons. The van der Waals surface area contributed by atoms with Gasteiger partial charge in [-0.2, -0.15) is 0 Å². The van der Waals surface area contributed by atoms with Crippen LogP contribution in [0.4, 0.5) is 0 Å². The quantitative estimate of drug-likeness (QED) is 0.0209. The predicted molar refractivity (Wildman–Crippen MR) is 334 cm³/mol. The van der Waals surface area contributed by atoms with Gasteiger partial charge in [-0.15, -0.1) is 0 Å². The van der Waals surface area contributed by atoms with Gasteiger partial charge >= 0.3 is 54.0 Å². The second-order valence-corrected chi connectivity index (χ2v) is 52.8. The van der Waals surface area contributed by atoms with Crippen molar-refractivity contribution in [3.63, 3.8) is 0 Å². The van der Waals surface area contributed by atoms with E-state index in [-0.39, 0.29) is 130 Å². The molecule has 0 heterocycles. The molecule has 0 aromatic carbocycles. The first-order chi connectivity index (χ1) is 24.8. The van der Waals surface area contributed by atoms with Gasteiger partial charge in [0.25, 0.3) is 0 Å². The molecule has 0 saturated carbocycles. The van der Waals surface area contributed by atoms with E-state index in [0.717, 1.165) is 24.9 Å². The summed E-state index contributed by atoms with van der Waals surface area (Å²) in [4.78, 5) is 38.8. The van der Waals surface area contributed by atoms with E-state index >= 15 is 0 Å². The fourth-order valence-electron chi connectivity index (χ4n) is 5.90. The normalized spacial score (nSPS) is 12.6. The van der Waals surface area contributed by atoms with Gasteiger partial charge < -0.3 is 53.8 Å². The molecule has 3 N–H and O–H groups in total. The minimum absolute atomic E-state index is 0. The van der Waals surface area contributed by atoms with Gasteiger partial charge in [-0.1, -0.05) is 104 Å². The maximum atomic E-state index is 11.2. The van der Waals surface area contributed by atoms with Crippen molar-refractivity contribution in [2.45, 2.75) is 253 Å². The Bertz CT molecular complexity index is 1210. The molecule has 0 bridgehead atoms. The van der Waals surface area contributed by atoms with Crippen molar-refractivity contribution in [1.82, 2.24) is 0 Å². The Morgan fingerprint density at radius 1 is 0.400 bits per heavy atom. The average molecular weight is 1190 g/mol. The molecule has 0 fully saturated rings. The fraction of sp³-hybridized carbons (Fsp3) is 0.956. The number of rotatable bonds is 29. The third-order valence-electron chi connectivity index (χ3n) is 6.18. The van der Waals surface area contributed by atoms with E-state index in [1.165, 1.54) is 0 Å². The number of carbonyl (C=O) groups is 2. The van der Waals surface area contributed by atoms with Crippen molar-refractivity contribution in [2.24, 2.45) is 0 Å². The minimum atomic E-state index is -4.43. The summed E-state index contributed by atoms with van der Waals surface area (Å²) in [5.74, 6) is -1.96. The predicted octanol–water partition coefficient (Wildman–Crippen LogP) is 16.8. The first-order valence-electron chi connectivity index (χ1n) is 19.2. The summed E-state index contributed by atoms with van der Waals surface area (Å²) in [6.07, 6.45) is 0.892. The smallest absolute Gasteiger partial charge is 0.469 e. The summed E-state index contributed by atoms with van der Waals surface area (Å²) in [5.41, 5.74) is 0. The van der Waals surface area contributed by atoms with Gasteiger partial charge in [0, 0.05) is 13.2 Å². The fourth-order valence-corrected chi connectivity index (χ4v) is 42.1. The Morgan fingerprint density at radius 2 is 0.671 bits per heavy atom. The maximum Gasteiger partial charge on any atom is 0.469 e. The zero-order valence-corrected chi connectivity index (χ0v) is 46.8. The average Bonchev–Trinajstić information content (AvgIpc) is 2.85. The monoisotopic (exact) mass is 1190 g/mol. The molecule has 25 heteroatoms. The van der Waals surface area contributed by atoms with Crippen molar-refractivity contribution in [1.29, 1.82) is 0 Å². The number of carboxylic acids is 1. The van der Waals surface area contributed by atoms with Gasteiger partial charge in [0.15, 0.2) is 33.3 Å². The van der Waals surface area contributed by atoms with Gasteiger partial charge in [-0.25, -0.2) is 4.57 Å². The van der Waals surface area contributed by atoms with E-state index in [1.54, 1.807) is 0 Å². The lowest BCUT2D eigenvalue weighted by molar-refractivity contribution is -0.152. The van der Waals surface area contributed by atoms with Gasteiger partial charge in [-0.05, 0) is 143 Å². The first kappa shape index (κ1) is 115. The number of esters is 1. The molecule has 0 spiro atoms. The molecule has 448 valence electrons. The molecule has 0 aliphatic carbocycles. The van der Waals surface area contributed by atoms with Crippen LogP contribution in [-0.4, -0.2) is 134 Å². The highest BCUT2D eigenvalue weighted by molar-refractivity contribution is 7.46. The number of ether oxygens (including phenoxy) is 3. The molecule has 0 amide bonds. The number of phosphoric ester groups is 1. The van der Waals surface area contributed by atoms with E-state index in [9.17, 15) is 14.2 Å². The number of carbonyl (C=O) groups excluding carboxylic acids is 1. The molecule has 0 rings (SSSR count). The van der Waals surface area contributed by atoms with Gasteiger partial charge in [0.05, 0.1) is 19.8 Å². The van der Waals surface area contributed by atoms with Crippen molar-refractivity contribution >= 4 is 87.3 Å². The van der Waals surface area contributed by atoms with E-state index in [1.807, 2.05) is 0 Å². The molecule has 2 atom stereocenters. The molecule has 0 aliphatic heterocycles. The summed E-state index contributed by atoms with van der Waals surface area (Å²) in [7, 11) is -20.9. The lowest BCUT2D eigenvalue weighted by atomic mass is 10.4. The molecule has 0 saturated heterocycles. The second kappa shape index (κ2) is 49.1. The molecule has 0 aliphatic rings. The lowest BCUT2D eigenvalue weighted by Gasteiger charge is -2.41. The Kier molecular flexibility index (Phi) is 80.3. The lowest BCUT2D eigenvalue weighted by Crippen LogP contribution is -2.56. The molecule has 70 heavy (non-hydrogen) atoms. The van der Waals surface area contributed by atoms with Crippen LogP contribution in [0, 0.1) is 0 Å². The van der Waals surface area contributed by atoms with Gasteiger partial charge in [0.1, 0.15) is 13.0 Å². The number of carboxylic acid groups (broad SMARTS) is 1. The van der Waals surface area contributed by atoms with Crippen LogP contribution in [0.15, 0.2) is 0 Å². The maximum absolute atomic E-state index is 11.2. The minimum Gasteiger partial charge on any atom is -0.481 e.